The van der Waals surface area contributed by atoms with Crippen LogP contribution in [0.2, 0.25) is 0 Å². The molecule has 0 atom stereocenters. The Morgan fingerprint density at radius 1 is 1.00 bits per heavy atom. The molecule has 166 valence electrons. The first-order valence-corrected chi connectivity index (χ1v) is 12.3. The molecule has 2 aromatic rings. The van der Waals surface area contributed by atoms with Crippen molar-refractivity contribution in [2.75, 3.05) is 55.7 Å². The number of carbonyl (C=O) groups is 1. The fourth-order valence-corrected chi connectivity index (χ4v) is 5.82. The van der Waals surface area contributed by atoms with Gasteiger partial charge in [0.2, 0.25) is 10.0 Å². The number of fused-ring (bicyclic) bond motifs is 1. The summed E-state index contributed by atoms with van der Waals surface area (Å²) in [6, 6.07) is 12.8. The van der Waals surface area contributed by atoms with E-state index in [0.717, 1.165) is 23.4 Å². The van der Waals surface area contributed by atoms with E-state index in [0.29, 0.717) is 51.5 Å². The molecule has 2 aromatic carbocycles. The van der Waals surface area contributed by atoms with Gasteiger partial charge in [-0.05, 0) is 36.2 Å². The summed E-state index contributed by atoms with van der Waals surface area (Å²) in [7, 11) is -3.67. The molecule has 31 heavy (non-hydrogen) atoms. The van der Waals surface area contributed by atoms with Gasteiger partial charge in [0.05, 0.1) is 23.7 Å². The molecule has 8 heteroatoms. The van der Waals surface area contributed by atoms with Crippen molar-refractivity contribution < 1.29 is 17.9 Å². The van der Waals surface area contributed by atoms with Gasteiger partial charge in [-0.25, -0.2) is 8.42 Å². The van der Waals surface area contributed by atoms with Crippen LogP contribution in [0.25, 0.3) is 0 Å². The zero-order valence-electron chi connectivity index (χ0n) is 18.1. The molecule has 0 radical (unpaired) electrons. The molecule has 0 bridgehead atoms. The maximum absolute atomic E-state index is 13.7. The summed E-state index contributed by atoms with van der Waals surface area (Å²) in [6.45, 7) is 7.48. The molecule has 0 aromatic heterocycles. The highest BCUT2D eigenvalue weighted by atomic mass is 32.2. The molecule has 1 saturated heterocycles. The van der Waals surface area contributed by atoms with Gasteiger partial charge in [-0.2, -0.15) is 4.31 Å². The highest BCUT2D eigenvalue weighted by Crippen LogP contribution is 2.33. The van der Waals surface area contributed by atoms with E-state index < -0.39 is 10.0 Å². The molecule has 0 spiro atoms. The summed E-state index contributed by atoms with van der Waals surface area (Å²) < 4.78 is 33.2. The number of carbonyl (C=O) groups excluding carboxylic acids is 1. The topological polar surface area (TPSA) is 70.2 Å². The Kier molecular flexibility index (Phi) is 6.31. The van der Waals surface area contributed by atoms with Crippen LogP contribution in [0.5, 0.6) is 0 Å². The van der Waals surface area contributed by atoms with Gasteiger partial charge in [0.1, 0.15) is 0 Å². The second kappa shape index (κ2) is 8.98. The van der Waals surface area contributed by atoms with Crippen LogP contribution in [0, 0.1) is 0 Å². The molecule has 0 N–H and O–H groups in total. The summed E-state index contributed by atoms with van der Waals surface area (Å²) in [4.78, 5) is 17.7. The minimum Gasteiger partial charge on any atom is -0.378 e. The lowest BCUT2D eigenvalue weighted by molar-refractivity contribution is 0.0987. The predicted molar refractivity (Wildman–Crippen MR) is 121 cm³/mol. The van der Waals surface area contributed by atoms with E-state index in [1.807, 2.05) is 38.1 Å². The summed E-state index contributed by atoms with van der Waals surface area (Å²) in [5, 5.41) is 0. The van der Waals surface area contributed by atoms with E-state index in [1.54, 1.807) is 23.1 Å². The SMILES string of the molecule is CCN(CC)S(=O)(=O)c1ccc(N2CCOCC2)c(C(=O)N2CCc3ccccc32)c1. The van der Waals surface area contributed by atoms with Crippen molar-refractivity contribution in [3.05, 3.63) is 53.6 Å². The van der Waals surface area contributed by atoms with Crippen LogP contribution in [0.4, 0.5) is 11.4 Å². The minimum atomic E-state index is -3.67. The summed E-state index contributed by atoms with van der Waals surface area (Å²) in [5.74, 6) is -0.164. The number of benzene rings is 2. The lowest BCUT2D eigenvalue weighted by atomic mass is 10.1. The average Bonchev–Trinajstić information content (AvgIpc) is 3.23. The van der Waals surface area contributed by atoms with E-state index in [4.69, 9.17) is 4.74 Å². The van der Waals surface area contributed by atoms with Gasteiger partial charge >= 0.3 is 0 Å². The Bertz CT molecular complexity index is 1060. The van der Waals surface area contributed by atoms with Crippen molar-refractivity contribution >= 4 is 27.3 Å². The Labute approximate surface area is 184 Å². The molecular formula is C23H29N3O4S. The Hall–Kier alpha value is -2.42. The number of amides is 1. The zero-order valence-corrected chi connectivity index (χ0v) is 18.9. The highest BCUT2D eigenvalue weighted by molar-refractivity contribution is 7.89. The third-order valence-corrected chi connectivity index (χ3v) is 8.07. The molecule has 2 aliphatic rings. The lowest BCUT2D eigenvalue weighted by Gasteiger charge is -2.31. The van der Waals surface area contributed by atoms with E-state index in [2.05, 4.69) is 4.90 Å². The number of anilines is 2. The maximum atomic E-state index is 13.7. The van der Waals surface area contributed by atoms with Crippen molar-refractivity contribution in [3.8, 4) is 0 Å². The van der Waals surface area contributed by atoms with E-state index >= 15 is 0 Å². The highest BCUT2D eigenvalue weighted by Gasteiger charge is 2.31. The zero-order chi connectivity index (χ0) is 22.0. The van der Waals surface area contributed by atoms with E-state index in [1.165, 1.54) is 4.31 Å². The number of ether oxygens (including phenoxy) is 1. The summed E-state index contributed by atoms with van der Waals surface area (Å²) in [6.07, 6.45) is 0.798. The minimum absolute atomic E-state index is 0.157. The smallest absolute Gasteiger partial charge is 0.260 e. The van der Waals surface area contributed by atoms with Crippen LogP contribution in [-0.4, -0.2) is 64.6 Å². The first-order valence-electron chi connectivity index (χ1n) is 10.8. The van der Waals surface area contributed by atoms with Crippen LogP contribution in [-0.2, 0) is 21.2 Å². The standard InChI is InChI=1S/C23H29N3O4S/c1-3-25(4-2)31(28,29)19-9-10-22(24-13-15-30-16-14-24)20(17-19)23(27)26-12-11-18-7-5-6-8-21(18)26/h5-10,17H,3-4,11-16H2,1-2H3. The van der Waals surface area contributed by atoms with Crippen molar-refractivity contribution in [3.63, 3.8) is 0 Å². The Morgan fingerprint density at radius 3 is 2.42 bits per heavy atom. The summed E-state index contributed by atoms with van der Waals surface area (Å²) >= 11 is 0. The number of morpholine rings is 1. The normalized spacial score (nSPS) is 16.6. The number of hydrogen-bond donors (Lipinski definition) is 0. The fourth-order valence-electron chi connectivity index (χ4n) is 4.33. The lowest BCUT2D eigenvalue weighted by Crippen LogP contribution is -2.39. The molecule has 1 amide bonds. The molecule has 0 aliphatic carbocycles. The van der Waals surface area contributed by atoms with Gasteiger partial charge in [0.15, 0.2) is 0 Å². The molecular weight excluding hydrogens is 414 g/mol. The second-order valence-corrected chi connectivity index (χ2v) is 9.64. The van der Waals surface area contributed by atoms with Crippen molar-refractivity contribution in [1.82, 2.24) is 4.31 Å². The average molecular weight is 444 g/mol. The third kappa shape index (κ3) is 4.07. The third-order valence-electron chi connectivity index (χ3n) is 6.03. The first-order chi connectivity index (χ1) is 15.0. The van der Waals surface area contributed by atoms with Crippen LogP contribution in [0.1, 0.15) is 29.8 Å². The van der Waals surface area contributed by atoms with Crippen LogP contribution >= 0.6 is 0 Å². The molecule has 2 heterocycles. The number of para-hydroxylation sites is 1. The molecule has 1 fully saturated rings. The van der Waals surface area contributed by atoms with Gasteiger partial charge in [0.25, 0.3) is 5.91 Å². The van der Waals surface area contributed by atoms with Gasteiger partial charge in [-0.1, -0.05) is 32.0 Å². The van der Waals surface area contributed by atoms with Gasteiger partial charge < -0.3 is 14.5 Å². The molecule has 0 saturated carbocycles. The van der Waals surface area contributed by atoms with Gasteiger partial charge in [-0.15, -0.1) is 0 Å². The van der Waals surface area contributed by atoms with Crippen molar-refractivity contribution in [1.29, 1.82) is 0 Å². The van der Waals surface area contributed by atoms with Gasteiger partial charge in [0, 0.05) is 44.1 Å². The molecule has 0 unspecified atom stereocenters. The molecule has 4 rings (SSSR count). The number of hydrogen-bond acceptors (Lipinski definition) is 5. The predicted octanol–water partition coefficient (Wildman–Crippen LogP) is 2.76. The van der Waals surface area contributed by atoms with Gasteiger partial charge in [-0.3, -0.25) is 4.79 Å². The quantitative estimate of drug-likeness (QED) is 0.687. The number of nitrogens with zero attached hydrogens (tertiary/aromatic N) is 3. The largest absolute Gasteiger partial charge is 0.378 e. The van der Waals surface area contributed by atoms with Crippen molar-refractivity contribution in [2.45, 2.75) is 25.2 Å². The maximum Gasteiger partial charge on any atom is 0.260 e. The number of rotatable bonds is 6. The summed E-state index contributed by atoms with van der Waals surface area (Å²) in [5.41, 5.74) is 3.22. The monoisotopic (exact) mass is 443 g/mol. The Morgan fingerprint density at radius 2 is 1.71 bits per heavy atom. The molecule has 2 aliphatic heterocycles. The fraction of sp³-hybridized carbons (Fsp3) is 0.435. The van der Waals surface area contributed by atoms with Crippen molar-refractivity contribution in [2.24, 2.45) is 0 Å². The molecule has 7 nitrogen and oxygen atoms in total. The van der Waals surface area contributed by atoms with Crippen LogP contribution in [0.15, 0.2) is 47.4 Å². The Balaban J connectivity index is 1.79. The van der Waals surface area contributed by atoms with Crippen LogP contribution in [0.3, 0.4) is 0 Å². The van der Waals surface area contributed by atoms with E-state index in [9.17, 15) is 13.2 Å². The first kappa shape index (κ1) is 21.8. The second-order valence-electron chi connectivity index (χ2n) is 7.70. The van der Waals surface area contributed by atoms with Crippen LogP contribution < -0.4 is 9.80 Å². The number of sulfonamides is 1. The van der Waals surface area contributed by atoms with E-state index in [-0.39, 0.29) is 10.8 Å².